The van der Waals surface area contributed by atoms with Crippen LogP contribution in [0.1, 0.15) is 45.4 Å². The lowest BCUT2D eigenvalue weighted by Crippen LogP contribution is -2.35. The highest BCUT2D eigenvalue weighted by Crippen LogP contribution is 2.37. The van der Waals surface area contributed by atoms with Crippen molar-refractivity contribution in [3.8, 4) is 0 Å². The number of aliphatic imine (C=N–C) groups is 1. The summed E-state index contributed by atoms with van der Waals surface area (Å²) in [5, 5.41) is 0. The number of carbonyl (C=O) groups excluding carboxylic acids is 1. The number of hydrogen-bond donors (Lipinski definition) is 1. The van der Waals surface area contributed by atoms with E-state index in [2.05, 4.69) is 19.9 Å². The zero-order chi connectivity index (χ0) is 21.5. The highest BCUT2D eigenvalue weighted by atomic mass is 19.1. The van der Waals surface area contributed by atoms with Crippen molar-refractivity contribution >= 4 is 11.6 Å². The number of pyridine rings is 1. The molecule has 3 heterocycles. The van der Waals surface area contributed by atoms with Gasteiger partial charge in [-0.25, -0.2) is 13.8 Å². The summed E-state index contributed by atoms with van der Waals surface area (Å²) in [6.07, 6.45) is 5.63. The van der Waals surface area contributed by atoms with Crippen LogP contribution in [0.5, 0.6) is 0 Å². The number of carbonyl (C=O) groups is 1. The van der Waals surface area contributed by atoms with Crippen LogP contribution in [0.2, 0.25) is 0 Å². The molecule has 1 unspecified atom stereocenters. The second-order valence-electron chi connectivity index (χ2n) is 7.55. The fourth-order valence-corrected chi connectivity index (χ4v) is 3.64. The number of hydrogen-bond acceptors (Lipinski definition) is 6. The summed E-state index contributed by atoms with van der Waals surface area (Å²) in [6.45, 7) is 3.47. The Balaban J connectivity index is 1.68. The maximum absolute atomic E-state index is 14.8. The largest absolute Gasteiger partial charge is 0.383 e. The summed E-state index contributed by atoms with van der Waals surface area (Å²) in [5.74, 6) is -1.15. The molecule has 1 aliphatic heterocycles. The van der Waals surface area contributed by atoms with E-state index in [0.717, 1.165) is 6.20 Å². The summed E-state index contributed by atoms with van der Waals surface area (Å²) < 4.78 is 29.1. The summed E-state index contributed by atoms with van der Waals surface area (Å²) in [4.78, 5) is 29.0. The van der Waals surface area contributed by atoms with Crippen LogP contribution in [-0.4, -0.2) is 26.6 Å². The maximum Gasteiger partial charge on any atom is 0.187 e. The van der Waals surface area contributed by atoms with Crippen molar-refractivity contribution in [1.29, 1.82) is 0 Å². The molecule has 2 aromatic heterocycles. The molecule has 0 bridgehead atoms. The first kappa shape index (κ1) is 19.8. The summed E-state index contributed by atoms with van der Waals surface area (Å²) >= 11 is 0. The average Bonchev–Trinajstić information content (AvgIpc) is 2.71. The number of rotatable bonds is 4. The van der Waals surface area contributed by atoms with Crippen LogP contribution in [0, 0.1) is 18.6 Å². The second-order valence-corrected chi connectivity index (χ2v) is 7.55. The Bertz CT molecular complexity index is 1180. The molecule has 0 fully saturated rings. The number of nitrogens with zero attached hydrogens (tertiary/aromatic N) is 4. The van der Waals surface area contributed by atoms with Crippen LogP contribution in [-0.2, 0) is 18.4 Å². The van der Waals surface area contributed by atoms with Gasteiger partial charge in [0, 0.05) is 41.9 Å². The summed E-state index contributed by atoms with van der Waals surface area (Å²) in [5.41, 5.74) is 7.46. The molecular weight excluding hydrogens is 388 g/mol. The molecule has 0 aliphatic carbocycles. The Morgan fingerprint density at radius 1 is 1.13 bits per heavy atom. The van der Waals surface area contributed by atoms with E-state index in [1.807, 2.05) is 0 Å². The van der Waals surface area contributed by atoms with Crippen molar-refractivity contribution in [2.45, 2.75) is 32.2 Å². The number of halogens is 2. The number of Topliss-reactive ketones (excluding diaryl/α,β-unsaturated/α-hetero) is 1. The third kappa shape index (κ3) is 3.56. The highest BCUT2D eigenvalue weighted by molar-refractivity contribution is 6.00. The molecular formula is C22H19F2N5O. The molecule has 1 atom stereocenters. The Labute approximate surface area is 171 Å². The van der Waals surface area contributed by atoms with Gasteiger partial charge < -0.3 is 5.73 Å². The normalized spacial score (nSPS) is 17.9. The third-order valence-electron chi connectivity index (χ3n) is 5.21. The van der Waals surface area contributed by atoms with Gasteiger partial charge in [0.2, 0.25) is 0 Å². The maximum atomic E-state index is 14.8. The average molecular weight is 407 g/mol. The van der Waals surface area contributed by atoms with Crippen molar-refractivity contribution in [1.82, 2.24) is 15.0 Å². The molecule has 0 radical (unpaired) electrons. The van der Waals surface area contributed by atoms with Crippen molar-refractivity contribution in [2.24, 2.45) is 10.7 Å². The standard InChI is InChI=1S/C22H19F2N5O/c1-12-8-28-19(11-27-12)20(30)6-13-3-4-17(23)16(5-13)22(2)7-14-15(21(25)29-22)9-26-10-18(14)24/h3-5,8-11H,6-7H2,1-2H3,(H2,25,29). The smallest absolute Gasteiger partial charge is 0.187 e. The molecule has 3 aromatic rings. The number of benzene rings is 1. The first-order valence-corrected chi connectivity index (χ1v) is 9.35. The molecule has 0 spiro atoms. The molecule has 1 aromatic carbocycles. The quantitative estimate of drug-likeness (QED) is 0.671. The molecule has 30 heavy (non-hydrogen) atoms. The van der Waals surface area contributed by atoms with Crippen LogP contribution in [0.4, 0.5) is 8.78 Å². The van der Waals surface area contributed by atoms with Crippen molar-refractivity contribution in [3.63, 3.8) is 0 Å². The van der Waals surface area contributed by atoms with Crippen LogP contribution in [0.15, 0.2) is 48.0 Å². The number of aryl methyl sites for hydroxylation is 1. The van der Waals surface area contributed by atoms with Gasteiger partial charge in [0.15, 0.2) is 5.78 Å². The van der Waals surface area contributed by atoms with Crippen molar-refractivity contribution in [3.05, 3.63) is 88.3 Å². The number of fused-ring (bicyclic) bond motifs is 1. The van der Waals surface area contributed by atoms with Crippen LogP contribution < -0.4 is 5.73 Å². The van der Waals surface area contributed by atoms with E-state index in [1.54, 1.807) is 19.9 Å². The van der Waals surface area contributed by atoms with Crippen molar-refractivity contribution in [2.75, 3.05) is 0 Å². The first-order chi connectivity index (χ1) is 14.3. The van der Waals surface area contributed by atoms with Gasteiger partial charge >= 0.3 is 0 Å². The monoisotopic (exact) mass is 407 g/mol. The van der Waals surface area contributed by atoms with Gasteiger partial charge in [0.05, 0.1) is 23.6 Å². The number of amidine groups is 1. The SMILES string of the molecule is Cc1cnc(C(=O)Cc2ccc(F)c(C3(C)Cc4c(F)cncc4C(N)=N3)c2)cn1. The van der Waals surface area contributed by atoms with Crippen LogP contribution >= 0.6 is 0 Å². The Morgan fingerprint density at radius 2 is 1.93 bits per heavy atom. The van der Waals surface area contributed by atoms with Crippen molar-refractivity contribution < 1.29 is 13.6 Å². The van der Waals surface area contributed by atoms with Gasteiger partial charge in [0.25, 0.3) is 0 Å². The fraction of sp³-hybridized carbons (Fsp3) is 0.227. The summed E-state index contributed by atoms with van der Waals surface area (Å²) in [6, 6.07) is 4.40. The molecule has 8 heteroatoms. The van der Waals surface area contributed by atoms with Gasteiger partial charge in [-0.1, -0.05) is 6.07 Å². The second kappa shape index (κ2) is 7.37. The predicted molar refractivity (Wildman–Crippen MR) is 107 cm³/mol. The number of ketones is 1. The zero-order valence-corrected chi connectivity index (χ0v) is 16.5. The molecule has 6 nitrogen and oxygen atoms in total. The molecule has 0 saturated carbocycles. The van der Waals surface area contributed by atoms with Crippen LogP contribution in [0.25, 0.3) is 0 Å². The minimum Gasteiger partial charge on any atom is -0.383 e. The van der Waals surface area contributed by atoms with E-state index >= 15 is 0 Å². The predicted octanol–water partition coefficient (Wildman–Crippen LogP) is 3.06. The van der Waals surface area contributed by atoms with Gasteiger partial charge in [-0.2, -0.15) is 0 Å². The van der Waals surface area contributed by atoms with Gasteiger partial charge in [-0.3, -0.25) is 19.8 Å². The Kier molecular flexibility index (Phi) is 4.85. The Morgan fingerprint density at radius 3 is 2.67 bits per heavy atom. The molecule has 0 saturated heterocycles. The van der Waals surface area contributed by atoms with Gasteiger partial charge in [-0.15, -0.1) is 0 Å². The lowest BCUT2D eigenvalue weighted by Gasteiger charge is -2.32. The van der Waals surface area contributed by atoms with E-state index in [0.29, 0.717) is 22.4 Å². The zero-order valence-electron chi connectivity index (χ0n) is 16.5. The Hall–Kier alpha value is -3.55. The lowest BCUT2D eigenvalue weighted by atomic mass is 9.81. The highest BCUT2D eigenvalue weighted by Gasteiger charge is 2.36. The van der Waals surface area contributed by atoms with E-state index < -0.39 is 17.2 Å². The van der Waals surface area contributed by atoms with E-state index in [9.17, 15) is 13.6 Å². The lowest BCUT2D eigenvalue weighted by molar-refractivity contribution is 0.0987. The van der Waals surface area contributed by atoms with Gasteiger partial charge in [-0.05, 0) is 31.5 Å². The minimum atomic E-state index is -1.12. The molecule has 0 amide bonds. The van der Waals surface area contributed by atoms with E-state index in [4.69, 9.17) is 5.73 Å². The molecule has 1 aliphatic rings. The minimum absolute atomic E-state index is 0.0230. The topological polar surface area (TPSA) is 94.1 Å². The number of aromatic nitrogens is 3. The van der Waals surface area contributed by atoms with Gasteiger partial charge in [0.1, 0.15) is 23.2 Å². The molecule has 2 N–H and O–H groups in total. The first-order valence-electron chi connectivity index (χ1n) is 9.35. The molecule has 152 valence electrons. The molecule has 4 rings (SSSR count). The van der Waals surface area contributed by atoms with Crippen LogP contribution in [0.3, 0.4) is 0 Å². The fourth-order valence-electron chi connectivity index (χ4n) is 3.64. The third-order valence-corrected chi connectivity index (χ3v) is 5.21. The van der Waals surface area contributed by atoms with E-state index in [1.165, 1.54) is 30.7 Å². The summed E-state index contributed by atoms with van der Waals surface area (Å²) in [7, 11) is 0. The van der Waals surface area contributed by atoms with E-state index in [-0.39, 0.29) is 35.7 Å². The number of nitrogens with two attached hydrogens (primary N) is 1.